The predicted molar refractivity (Wildman–Crippen MR) is 53.3 cm³/mol. The lowest BCUT2D eigenvalue weighted by Gasteiger charge is -2.33. The van der Waals surface area contributed by atoms with Gasteiger partial charge in [0.1, 0.15) is 13.2 Å². The fraction of sp³-hybridized carbons (Fsp3) is 0.700. The second-order valence-corrected chi connectivity index (χ2v) is 3.97. The molecular formula is C10H20INO2. The predicted octanol–water partition coefficient (Wildman–Crippen LogP) is -1.80. The Balaban J connectivity index is 0. The lowest BCUT2D eigenvalue weighted by Crippen LogP contribution is -3.00. The van der Waals surface area contributed by atoms with Crippen LogP contribution < -0.4 is 24.0 Å². The average Bonchev–Trinajstić information content (AvgIpc) is 2.03. The highest BCUT2D eigenvalue weighted by molar-refractivity contribution is 5.81. The number of esters is 1. The largest absolute Gasteiger partial charge is 1.00 e. The Morgan fingerprint density at radius 3 is 2.36 bits per heavy atom. The maximum Gasteiger partial charge on any atom is 0.330 e. The second-order valence-electron chi connectivity index (χ2n) is 3.97. The number of halogens is 1. The molecule has 84 valence electrons. The summed E-state index contributed by atoms with van der Waals surface area (Å²) in [6.45, 7) is 8.91. The minimum Gasteiger partial charge on any atom is -1.00 e. The fourth-order valence-corrected chi connectivity index (χ4v) is 0.699. The van der Waals surface area contributed by atoms with Crippen molar-refractivity contribution in [1.29, 1.82) is 0 Å². The van der Waals surface area contributed by atoms with E-state index in [0.717, 1.165) is 11.0 Å². The Bertz CT molecular complexity index is 191. The Labute approximate surface area is 104 Å². The zero-order valence-corrected chi connectivity index (χ0v) is 11.6. The first kappa shape index (κ1) is 16.3. The van der Waals surface area contributed by atoms with E-state index in [-0.39, 0.29) is 29.9 Å². The molecule has 0 fully saturated rings. The Morgan fingerprint density at radius 1 is 1.50 bits per heavy atom. The molecule has 0 bridgehead atoms. The van der Waals surface area contributed by atoms with E-state index >= 15 is 0 Å². The van der Waals surface area contributed by atoms with Crippen molar-refractivity contribution in [2.45, 2.75) is 19.9 Å². The summed E-state index contributed by atoms with van der Waals surface area (Å²) in [5, 5.41) is 0. The van der Waals surface area contributed by atoms with Crippen molar-refractivity contribution < 1.29 is 38.0 Å². The molecule has 0 aliphatic heterocycles. The van der Waals surface area contributed by atoms with Gasteiger partial charge in [0.15, 0.2) is 0 Å². The van der Waals surface area contributed by atoms with E-state index in [1.807, 2.05) is 0 Å². The summed E-state index contributed by atoms with van der Waals surface area (Å²) in [6.07, 6.45) is 1.19. The van der Waals surface area contributed by atoms with Gasteiger partial charge in [0.2, 0.25) is 0 Å². The van der Waals surface area contributed by atoms with Crippen LogP contribution in [0.4, 0.5) is 0 Å². The maximum absolute atomic E-state index is 10.7. The number of hydrogen-bond acceptors (Lipinski definition) is 2. The van der Waals surface area contributed by atoms with Crippen molar-refractivity contribution in [2.24, 2.45) is 0 Å². The molecule has 0 aliphatic rings. The molecule has 0 aromatic rings. The minimum atomic E-state index is -0.344. The molecular weight excluding hydrogens is 293 g/mol. The number of ether oxygens (including phenoxy) is 1. The highest BCUT2D eigenvalue weighted by Crippen LogP contribution is 2.04. The molecule has 0 amide bonds. The molecule has 0 spiro atoms. The van der Waals surface area contributed by atoms with Gasteiger partial charge in [0.05, 0.1) is 20.1 Å². The first-order chi connectivity index (χ1) is 5.90. The lowest BCUT2D eigenvalue weighted by molar-refractivity contribution is -0.911. The van der Waals surface area contributed by atoms with Crippen molar-refractivity contribution in [1.82, 2.24) is 0 Å². The van der Waals surface area contributed by atoms with Gasteiger partial charge in [0.25, 0.3) is 0 Å². The van der Waals surface area contributed by atoms with E-state index < -0.39 is 0 Å². The molecule has 4 heteroatoms. The summed E-state index contributed by atoms with van der Waals surface area (Å²) >= 11 is 0. The van der Waals surface area contributed by atoms with Gasteiger partial charge in [0, 0.05) is 6.08 Å². The van der Waals surface area contributed by atoms with Crippen LogP contribution in [-0.2, 0) is 9.53 Å². The van der Waals surface area contributed by atoms with Gasteiger partial charge in [-0.2, -0.15) is 0 Å². The summed E-state index contributed by atoms with van der Waals surface area (Å²) in [5.74, 6) is -0.344. The number of hydrogen-bond donors (Lipinski definition) is 0. The zero-order valence-electron chi connectivity index (χ0n) is 9.42. The standard InChI is InChI=1S/C10H20NO2.HI/c1-6-10(12)13-8-7-11(4,5)9(2)3;/h6,9H,1,7-8H2,2-5H3;1H/q+1;/p-1. The topological polar surface area (TPSA) is 26.3 Å². The quantitative estimate of drug-likeness (QED) is 0.259. The van der Waals surface area contributed by atoms with Gasteiger partial charge in [-0.15, -0.1) is 0 Å². The van der Waals surface area contributed by atoms with Crippen LogP contribution in [0.25, 0.3) is 0 Å². The van der Waals surface area contributed by atoms with Crippen LogP contribution >= 0.6 is 0 Å². The molecule has 0 unspecified atom stereocenters. The smallest absolute Gasteiger partial charge is 0.330 e. The van der Waals surface area contributed by atoms with Crippen molar-refractivity contribution in [2.75, 3.05) is 27.2 Å². The minimum absolute atomic E-state index is 0. The third kappa shape index (κ3) is 6.37. The van der Waals surface area contributed by atoms with Crippen LogP contribution in [-0.4, -0.2) is 43.7 Å². The molecule has 0 aromatic heterocycles. The number of nitrogens with zero attached hydrogens (tertiary/aromatic N) is 1. The molecule has 0 aliphatic carbocycles. The van der Waals surface area contributed by atoms with E-state index in [9.17, 15) is 4.79 Å². The summed E-state index contributed by atoms with van der Waals surface area (Å²) in [5.41, 5.74) is 0. The maximum atomic E-state index is 10.7. The molecule has 0 heterocycles. The third-order valence-corrected chi connectivity index (χ3v) is 2.48. The molecule has 0 saturated heterocycles. The monoisotopic (exact) mass is 313 g/mol. The second kappa shape index (κ2) is 7.23. The summed E-state index contributed by atoms with van der Waals surface area (Å²) in [7, 11) is 4.23. The lowest BCUT2D eigenvalue weighted by atomic mass is 10.3. The molecule has 0 atom stereocenters. The average molecular weight is 313 g/mol. The van der Waals surface area contributed by atoms with Crippen LogP contribution in [0.3, 0.4) is 0 Å². The first-order valence-electron chi connectivity index (χ1n) is 4.52. The molecule has 0 radical (unpaired) electrons. The summed E-state index contributed by atoms with van der Waals surface area (Å²) in [6, 6.07) is 0.530. The van der Waals surface area contributed by atoms with E-state index in [1.165, 1.54) is 6.08 Å². The number of rotatable bonds is 5. The van der Waals surface area contributed by atoms with E-state index in [2.05, 4.69) is 34.5 Å². The van der Waals surface area contributed by atoms with Crippen LogP contribution in [0.15, 0.2) is 12.7 Å². The van der Waals surface area contributed by atoms with E-state index in [4.69, 9.17) is 4.74 Å². The van der Waals surface area contributed by atoms with Gasteiger partial charge in [-0.3, -0.25) is 0 Å². The third-order valence-electron chi connectivity index (χ3n) is 2.48. The molecule has 0 aromatic carbocycles. The molecule has 0 rings (SSSR count). The van der Waals surface area contributed by atoms with Gasteiger partial charge < -0.3 is 33.2 Å². The van der Waals surface area contributed by atoms with Crippen LogP contribution in [0.5, 0.6) is 0 Å². The first-order valence-corrected chi connectivity index (χ1v) is 4.52. The Hall–Kier alpha value is -0.100. The summed E-state index contributed by atoms with van der Waals surface area (Å²) in [4.78, 5) is 10.7. The number of carbonyl (C=O) groups excluding carboxylic acids is 1. The van der Waals surface area contributed by atoms with Crippen LogP contribution in [0.1, 0.15) is 13.8 Å². The van der Waals surface area contributed by atoms with Crippen molar-refractivity contribution in [3.05, 3.63) is 12.7 Å². The van der Waals surface area contributed by atoms with E-state index in [1.54, 1.807) is 0 Å². The fourth-order valence-electron chi connectivity index (χ4n) is 0.699. The van der Waals surface area contributed by atoms with Crippen molar-refractivity contribution >= 4 is 5.97 Å². The van der Waals surface area contributed by atoms with Crippen LogP contribution in [0, 0.1) is 0 Å². The molecule has 0 saturated carbocycles. The molecule has 3 nitrogen and oxygen atoms in total. The van der Waals surface area contributed by atoms with Crippen molar-refractivity contribution in [3.8, 4) is 0 Å². The molecule has 14 heavy (non-hydrogen) atoms. The SMILES string of the molecule is C=CC(=O)OCC[N+](C)(C)C(C)C.[I-]. The summed E-state index contributed by atoms with van der Waals surface area (Å²) < 4.78 is 5.76. The zero-order chi connectivity index (χ0) is 10.5. The van der Waals surface area contributed by atoms with E-state index in [0.29, 0.717) is 12.6 Å². The highest BCUT2D eigenvalue weighted by atomic mass is 127. The van der Waals surface area contributed by atoms with Gasteiger partial charge >= 0.3 is 5.97 Å². The molecule has 0 N–H and O–H groups in total. The number of carbonyl (C=O) groups is 1. The van der Waals surface area contributed by atoms with Gasteiger partial charge in [-0.25, -0.2) is 4.79 Å². The highest BCUT2D eigenvalue weighted by Gasteiger charge is 2.19. The Kier molecular flexibility index (Phi) is 8.43. The van der Waals surface area contributed by atoms with Gasteiger partial charge in [-0.1, -0.05) is 6.58 Å². The number of quaternary nitrogens is 1. The van der Waals surface area contributed by atoms with Gasteiger partial charge in [-0.05, 0) is 13.8 Å². The number of likely N-dealkylation sites (N-methyl/N-ethyl adjacent to an activating group) is 1. The van der Waals surface area contributed by atoms with Crippen molar-refractivity contribution in [3.63, 3.8) is 0 Å². The normalized spacial score (nSPS) is 10.6. The van der Waals surface area contributed by atoms with Crippen LogP contribution in [0.2, 0.25) is 0 Å². The Morgan fingerprint density at radius 2 is 2.00 bits per heavy atom.